The maximum absolute atomic E-state index is 6.12. The molecule has 0 bridgehead atoms. The average Bonchev–Trinajstić information content (AvgIpc) is 2.95. The van der Waals surface area contributed by atoms with Gasteiger partial charge in [0.15, 0.2) is 5.11 Å². The third kappa shape index (κ3) is 4.07. The first kappa shape index (κ1) is 18.6. The van der Waals surface area contributed by atoms with Crippen molar-refractivity contribution in [1.82, 2.24) is 10.2 Å². The number of rotatable bonds is 2. The monoisotopic (exact) mass is 393 g/mol. The third-order valence-electron chi connectivity index (χ3n) is 5.43. The summed E-state index contributed by atoms with van der Waals surface area (Å²) in [5.74, 6) is 0. The van der Waals surface area contributed by atoms with Gasteiger partial charge in [0.1, 0.15) is 0 Å². The number of nitrogens with two attached hydrogens (primary N) is 1. The highest BCUT2D eigenvalue weighted by atomic mass is 32.1. The Hall–Kier alpha value is -2.73. The Bertz CT molecular complexity index is 871. The van der Waals surface area contributed by atoms with Crippen molar-refractivity contribution < 1.29 is 0 Å². The Kier molecular flexibility index (Phi) is 5.67. The second kappa shape index (κ2) is 8.52. The molecule has 0 aromatic heterocycles. The van der Waals surface area contributed by atoms with Crippen LogP contribution < -0.4 is 21.3 Å². The van der Waals surface area contributed by atoms with E-state index in [4.69, 9.17) is 18.0 Å². The van der Waals surface area contributed by atoms with Crippen LogP contribution in [0.5, 0.6) is 0 Å². The number of allylic oxidation sites excluding steroid dienone is 1. The topological polar surface area (TPSA) is 56.6 Å². The van der Waals surface area contributed by atoms with Crippen LogP contribution in [-0.2, 0) is 0 Å². The van der Waals surface area contributed by atoms with E-state index in [0.29, 0.717) is 0 Å². The first-order chi connectivity index (χ1) is 13.7. The molecule has 4 rings (SSSR count). The molecule has 1 saturated heterocycles. The van der Waals surface area contributed by atoms with Crippen LogP contribution in [0.25, 0.3) is 5.57 Å². The van der Waals surface area contributed by atoms with Gasteiger partial charge in [0.05, 0.1) is 11.4 Å². The highest BCUT2D eigenvalue weighted by Crippen LogP contribution is 2.29. The van der Waals surface area contributed by atoms with Crippen LogP contribution in [0.15, 0.2) is 54.7 Å². The maximum atomic E-state index is 6.12. The van der Waals surface area contributed by atoms with Gasteiger partial charge in [-0.15, -0.1) is 0 Å². The molecule has 6 heteroatoms. The number of fused-ring (bicyclic) bond motifs is 1. The summed E-state index contributed by atoms with van der Waals surface area (Å²) in [6.45, 7) is 4.62. The fourth-order valence-electron chi connectivity index (χ4n) is 3.87. The van der Waals surface area contributed by atoms with Crippen molar-refractivity contribution in [1.29, 1.82) is 0 Å². The van der Waals surface area contributed by atoms with Gasteiger partial charge < -0.3 is 26.2 Å². The van der Waals surface area contributed by atoms with Crippen molar-refractivity contribution in [2.45, 2.75) is 12.8 Å². The molecular formula is C22H27N5S. The highest BCUT2D eigenvalue weighted by molar-refractivity contribution is 7.80. The van der Waals surface area contributed by atoms with Gasteiger partial charge in [-0.05, 0) is 48.8 Å². The molecule has 0 radical (unpaired) electrons. The second-order valence-electron chi connectivity index (χ2n) is 7.23. The van der Waals surface area contributed by atoms with E-state index in [9.17, 15) is 0 Å². The second-order valence-corrected chi connectivity index (χ2v) is 7.61. The Balaban J connectivity index is 1.38. The number of nitrogen functional groups attached to an aromatic ring is 1. The van der Waals surface area contributed by atoms with Crippen LogP contribution in [-0.4, -0.2) is 42.7 Å². The van der Waals surface area contributed by atoms with E-state index in [1.54, 1.807) is 0 Å². The van der Waals surface area contributed by atoms with Crippen molar-refractivity contribution >= 4 is 40.0 Å². The number of hydrogen-bond acceptors (Lipinski definition) is 4. The lowest BCUT2D eigenvalue weighted by atomic mass is 10.0. The lowest BCUT2D eigenvalue weighted by Gasteiger charge is -2.37. The lowest BCUT2D eigenvalue weighted by Crippen LogP contribution is -2.51. The van der Waals surface area contributed by atoms with Gasteiger partial charge in [-0.2, -0.15) is 0 Å². The molecule has 0 saturated carbocycles. The molecule has 2 aliphatic rings. The van der Waals surface area contributed by atoms with E-state index in [1.807, 2.05) is 18.2 Å². The highest BCUT2D eigenvalue weighted by Gasteiger charge is 2.20. The summed E-state index contributed by atoms with van der Waals surface area (Å²) >= 11 is 5.67. The molecule has 28 heavy (non-hydrogen) atoms. The van der Waals surface area contributed by atoms with Crippen molar-refractivity contribution in [3.8, 4) is 0 Å². The lowest BCUT2D eigenvalue weighted by molar-refractivity contribution is 0.384. The Morgan fingerprint density at radius 2 is 1.79 bits per heavy atom. The number of para-hydroxylation sites is 3. The zero-order chi connectivity index (χ0) is 19.3. The number of hydrogen-bond donors (Lipinski definition) is 3. The normalized spacial score (nSPS) is 18.2. The summed E-state index contributed by atoms with van der Waals surface area (Å²) in [5.41, 5.74) is 11.8. The molecule has 0 unspecified atom stereocenters. The van der Waals surface area contributed by atoms with Crippen LogP contribution >= 0.6 is 12.2 Å². The molecule has 0 atom stereocenters. The molecule has 0 amide bonds. The minimum Gasteiger partial charge on any atom is -0.397 e. The van der Waals surface area contributed by atoms with Gasteiger partial charge in [0.25, 0.3) is 0 Å². The molecule has 2 aromatic carbocycles. The maximum Gasteiger partial charge on any atom is 0.173 e. The summed E-state index contributed by atoms with van der Waals surface area (Å²) in [7, 11) is 0. The van der Waals surface area contributed by atoms with E-state index in [1.165, 1.54) is 16.8 Å². The molecule has 0 aliphatic carbocycles. The minimum atomic E-state index is 0.794. The minimum absolute atomic E-state index is 0.794. The van der Waals surface area contributed by atoms with Crippen LogP contribution in [0.2, 0.25) is 0 Å². The number of benzene rings is 2. The number of thiocarbonyl (C=S) groups is 1. The summed E-state index contributed by atoms with van der Waals surface area (Å²) < 4.78 is 0. The Morgan fingerprint density at radius 1 is 1.04 bits per heavy atom. The standard InChI is InChI=1S/C22H27N5S/c23-19-8-2-4-10-21(19)26-12-14-27(15-13-26)22(28)25-16-17-6-5-11-24-20-9-3-1-7-18(17)20/h1-4,7-10,16,24H,5-6,11-15,23H2,(H,25,28)/b17-16-. The predicted molar refractivity (Wildman–Crippen MR) is 123 cm³/mol. The molecule has 2 aliphatic heterocycles. The molecule has 5 nitrogen and oxygen atoms in total. The first-order valence-corrected chi connectivity index (χ1v) is 10.3. The summed E-state index contributed by atoms with van der Waals surface area (Å²) in [6, 6.07) is 16.5. The number of piperazine rings is 1. The number of anilines is 3. The van der Waals surface area contributed by atoms with Gasteiger partial charge in [-0.25, -0.2) is 0 Å². The van der Waals surface area contributed by atoms with E-state index in [0.717, 1.165) is 62.1 Å². The Labute approximate surface area is 172 Å². The summed E-state index contributed by atoms with van der Waals surface area (Å²) in [6.07, 6.45) is 4.25. The van der Waals surface area contributed by atoms with Crippen molar-refractivity contribution in [2.24, 2.45) is 0 Å². The van der Waals surface area contributed by atoms with Crippen molar-refractivity contribution in [2.75, 3.05) is 48.7 Å². The van der Waals surface area contributed by atoms with Gasteiger partial charge in [-0.1, -0.05) is 30.3 Å². The van der Waals surface area contributed by atoms with Crippen LogP contribution in [0, 0.1) is 0 Å². The number of nitrogens with one attached hydrogen (secondary N) is 2. The zero-order valence-corrected chi connectivity index (χ0v) is 16.8. The van der Waals surface area contributed by atoms with E-state index in [-0.39, 0.29) is 0 Å². The zero-order valence-electron chi connectivity index (χ0n) is 16.0. The van der Waals surface area contributed by atoms with E-state index >= 15 is 0 Å². The molecule has 146 valence electrons. The quantitative estimate of drug-likeness (QED) is 0.536. The van der Waals surface area contributed by atoms with Crippen LogP contribution in [0.4, 0.5) is 17.1 Å². The van der Waals surface area contributed by atoms with E-state index < -0.39 is 0 Å². The summed E-state index contributed by atoms with van der Waals surface area (Å²) in [4.78, 5) is 4.57. The summed E-state index contributed by atoms with van der Waals surface area (Å²) in [5, 5.41) is 7.68. The first-order valence-electron chi connectivity index (χ1n) is 9.89. The van der Waals surface area contributed by atoms with Gasteiger partial charge in [0.2, 0.25) is 0 Å². The number of nitrogens with zero attached hydrogens (tertiary/aromatic N) is 2. The molecule has 2 aromatic rings. The molecule has 1 fully saturated rings. The predicted octanol–water partition coefficient (Wildman–Crippen LogP) is 3.51. The largest absolute Gasteiger partial charge is 0.397 e. The van der Waals surface area contributed by atoms with Crippen molar-refractivity contribution in [3.63, 3.8) is 0 Å². The van der Waals surface area contributed by atoms with Gasteiger partial charge in [0, 0.05) is 50.2 Å². The van der Waals surface area contributed by atoms with E-state index in [2.05, 4.69) is 57.0 Å². The molecule has 2 heterocycles. The SMILES string of the molecule is Nc1ccccc1N1CCN(C(=S)N/C=C2/CCCNc3ccccc32)CC1. The fraction of sp³-hybridized carbons (Fsp3) is 0.318. The van der Waals surface area contributed by atoms with Gasteiger partial charge >= 0.3 is 0 Å². The molecule has 0 spiro atoms. The van der Waals surface area contributed by atoms with Crippen LogP contribution in [0.3, 0.4) is 0 Å². The Morgan fingerprint density at radius 3 is 2.61 bits per heavy atom. The molecule has 4 N–H and O–H groups in total. The third-order valence-corrected chi connectivity index (χ3v) is 5.80. The van der Waals surface area contributed by atoms with Crippen molar-refractivity contribution in [3.05, 3.63) is 60.3 Å². The fourth-order valence-corrected chi connectivity index (χ4v) is 4.11. The molecular weight excluding hydrogens is 366 g/mol. The van der Waals surface area contributed by atoms with Crippen LogP contribution in [0.1, 0.15) is 18.4 Å². The average molecular weight is 394 g/mol. The smallest absolute Gasteiger partial charge is 0.173 e. The van der Waals surface area contributed by atoms with Gasteiger partial charge in [-0.3, -0.25) is 0 Å².